The Hall–Kier alpha value is -1.42. The van der Waals surface area contributed by atoms with Gasteiger partial charge >= 0.3 is 0 Å². The minimum Gasteiger partial charge on any atom is -0.292 e. The van der Waals surface area contributed by atoms with E-state index < -0.39 is 0 Å². The lowest BCUT2D eigenvalue weighted by atomic mass is 10.2. The summed E-state index contributed by atoms with van der Waals surface area (Å²) in [6, 6.07) is 3.64. The van der Waals surface area contributed by atoms with Gasteiger partial charge in [0.25, 0.3) is 0 Å². The number of aromatic nitrogens is 2. The molecule has 0 aromatic carbocycles. The van der Waals surface area contributed by atoms with Crippen LogP contribution in [0, 0.1) is 0 Å². The van der Waals surface area contributed by atoms with Crippen molar-refractivity contribution in [3.05, 3.63) is 40.8 Å². The molecule has 0 radical (unpaired) electrons. The van der Waals surface area contributed by atoms with Crippen molar-refractivity contribution >= 4 is 17.1 Å². The molecule has 4 heteroatoms. The number of rotatable bonds is 3. The minimum atomic E-state index is 0.102. The van der Waals surface area contributed by atoms with E-state index in [1.54, 1.807) is 23.1 Å². The first-order valence-corrected chi connectivity index (χ1v) is 4.83. The van der Waals surface area contributed by atoms with Crippen molar-refractivity contribution in [1.82, 2.24) is 9.78 Å². The number of hydrogen-bond donors (Lipinski definition) is 0. The minimum absolute atomic E-state index is 0.102. The average molecular weight is 192 g/mol. The highest BCUT2D eigenvalue weighted by molar-refractivity contribution is 7.08. The van der Waals surface area contributed by atoms with Crippen molar-refractivity contribution in [3.63, 3.8) is 0 Å². The number of thiophene rings is 1. The van der Waals surface area contributed by atoms with Crippen molar-refractivity contribution in [1.29, 1.82) is 0 Å². The molecule has 2 aromatic heterocycles. The molecule has 13 heavy (non-hydrogen) atoms. The monoisotopic (exact) mass is 192 g/mol. The van der Waals surface area contributed by atoms with Crippen LogP contribution in [0.5, 0.6) is 0 Å². The van der Waals surface area contributed by atoms with Gasteiger partial charge in [-0.25, -0.2) is 0 Å². The van der Waals surface area contributed by atoms with E-state index >= 15 is 0 Å². The van der Waals surface area contributed by atoms with Crippen molar-refractivity contribution in [3.8, 4) is 0 Å². The molecule has 2 rings (SSSR count). The van der Waals surface area contributed by atoms with E-state index in [9.17, 15) is 4.79 Å². The molecular formula is C9H8N2OS. The second-order valence-electron chi connectivity index (χ2n) is 2.64. The Morgan fingerprint density at radius 1 is 1.62 bits per heavy atom. The van der Waals surface area contributed by atoms with Crippen LogP contribution >= 0.6 is 11.3 Å². The first kappa shape index (κ1) is 8.19. The van der Waals surface area contributed by atoms with Gasteiger partial charge in [-0.1, -0.05) is 0 Å². The summed E-state index contributed by atoms with van der Waals surface area (Å²) in [7, 11) is 0. The molecule has 2 aromatic rings. The summed E-state index contributed by atoms with van der Waals surface area (Å²) in [4.78, 5) is 11.5. The summed E-state index contributed by atoms with van der Waals surface area (Å²) in [5.41, 5.74) is 0.764. The zero-order valence-electron chi connectivity index (χ0n) is 6.88. The van der Waals surface area contributed by atoms with Gasteiger partial charge in [-0.3, -0.25) is 9.48 Å². The molecule has 3 nitrogen and oxygen atoms in total. The molecule has 0 aliphatic carbocycles. The van der Waals surface area contributed by atoms with Gasteiger partial charge in [0.05, 0.1) is 0 Å². The Bertz CT molecular complexity index is 378. The highest BCUT2D eigenvalue weighted by atomic mass is 32.1. The lowest BCUT2D eigenvalue weighted by molar-refractivity contribution is 0.0968. The van der Waals surface area contributed by atoms with Crippen molar-refractivity contribution in [2.24, 2.45) is 0 Å². The third kappa shape index (κ3) is 1.84. The maximum Gasteiger partial charge on any atom is 0.185 e. The Morgan fingerprint density at radius 3 is 3.15 bits per heavy atom. The molecule has 0 aliphatic heterocycles. The molecule has 0 bridgehead atoms. The van der Waals surface area contributed by atoms with Crippen LogP contribution in [0.3, 0.4) is 0 Å². The summed E-state index contributed by atoms with van der Waals surface area (Å²) >= 11 is 1.53. The molecule has 2 heterocycles. The number of Topliss-reactive ketones (excluding diaryl/α,β-unsaturated/α-hetero) is 1. The topological polar surface area (TPSA) is 34.9 Å². The smallest absolute Gasteiger partial charge is 0.185 e. The predicted molar refractivity (Wildman–Crippen MR) is 50.9 cm³/mol. The number of ketones is 1. The zero-order chi connectivity index (χ0) is 9.10. The Morgan fingerprint density at radius 2 is 2.54 bits per heavy atom. The Balaban J connectivity index is 2.08. The third-order valence-corrected chi connectivity index (χ3v) is 2.39. The van der Waals surface area contributed by atoms with E-state index in [-0.39, 0.29) is 5.78 Å². The lowest BCUT2D eigenvalue weighted by Crippen LogP contribution is -2.09. The van der Waals surface area contributed by atoms with Gasteiger partial charge in [0.2, 0.25) is 0 Å². The normalized spacial score (nSPS) is 10.2. The SMILES string of the molecule is O=C(Cn1cccn1)c1ccsc1. The number of carbonyl (C=O) groups is 1. The van der Waals surface area contributed by atoms with Gasteiger partial charge in [0.15, 0.2) is 5.78 Å². The van der Waals surface area contributed by atoms with Crippen LogP contribution in [0.4, 0.5) is 0 Å². The largest absolute Gasteiger partial charge is 0.292 e. The molecule has 66 valence electrons. The van der Waals surface area contributed by atoms with E-state index in [0.29, 0.717) is 6.54 Å². The first-order valence-electron chi connectivity index (χ1n) is 3.89. The fourth-order valence-electron chi connectivity index (χ4n) is 1.06. The zero-order valence-corrected chi connectivity index (χ0v) is 7.70. The van der Waals surface area contributed by atoms with E-state index in [1.807, 2.05) is 16.8 Å². The van der Waals surface area contributed by atoms with Crippen LogP contribution in [0.1, 0.15) is 10.4 Å². The molecule has 0 N–H and O–H groups in total. The predicted octanol–water partition coefficient (Wildman–Crippen LogP) is 1.83. The summed E-state index contributed by atoms with van der Waals surface area (Å²) in [6.07, 6.45) is 3.45. The summed E-state index contributed by atoms with van der Waals surface area (Å²) in [5.74, 6) is 0.102. The van der Waals surface area contributed by atoms with E-state index in [1.165, 1.54) is 11.3 Å². The van der Waals surface area contributed by atoms with Crippen molar-refractivity contribution in [2.75, 3.05) is 0 Å². The quantitative estimate of drug-likeness (QED) is 0.695. The van der Waals surface area contributed by atoms with Gasteiger partial charge in [0, 0.05) is 23.3 Å². The molecule has 0 atom stereocenters. The molecule has 0 amide bonds. The molecular weight excluding hydrogens is 184 g/mol. The van der Waals surface area contributed by atoms with Gasteiger partial charge in [-0.15, -0.1) is 0 Å². The van der Waals surface area contributed by atoms with Gasteiger partial charge < -0.3 is 0 Å². The first-order chi connectivity index (χ1) is 6.36. The molecule has 0 saturated heterocycles. The van der Waals surface area contributed by atoms with Crippen LogP contribution in [0.25, 0.3) is 0 Å². The molecule has 0 unspecified atom stereocenters. The highest BCUT2D eigenvalue weighted by Gasteiger charge is 2.06. The van der Waals surface area contributed by atoms with Crippen molar-refractivity contribution < 1.29 is 4.79 Å². The van der Waals surface area contributed by atoms with Gasteiger partial charge in [-0.05, 0) is 17.5 Å². The van der Waals surface area contributed by atoms with Crippen LogP contribution in [-0.2, 0) is 6.54 Å². The molecule has 0 fully saturated rings. The molecule has 0 aliphatic rings. The van der Waals surface area contributed by atoms with E-state index in [2.05, 4.69) is 5.10 Å². The van der Waals surface area contributed by atoms with Gasteiger partial charge in [0.1, 0.15) is 6.54 Å². The number of nitrogens with zero attached hydrogens (tertiary/aromatic N) is 2. The maximum absolute atomic E-state index is 11.5. The van der Waals surface area contributed by atoms with Crippen LogP contribution in [0.2, 0.25) is 0 Å². The second-order valence-corrected chi connectivity index (χ2v) is 3.42. The standard InChI is InChI=1S/C9H8N2OS/c12-9(8-2-5-13-7-8)6-11-4-1-3-10-11/h1-5,7H,6H2. The Labute approximate surface area is 79.6 Å². The number of hydrogen-bond acceptors (Lipinski definition) is 3. The maximum atomic E-state index is 11.5. The van der Waals surface area contributed by atoms with Crippen LogP contribution in [0.15, 0.2) is 35.3 Å². The molecule has 0 saturated carbocycles. The van der Waals surface area contributed by atoms with Gasteiger partial charge in [-0.2, -0.15) is 16.4 Å². The van der Waals surface area contributed by atoms with Crippen LogP contribution in [-0.4, -0.2) is 15.6 Å². The summed E-state index contributed by atoms with van der Waals surface area (Å²) < 4.78 is 1.62. The fraction of sp³-hybridized carbons (Fsp3) is 0.111. The Kier molecular flexibility index (Phi) is 2.23. The average Bonchev–Trinajstić information content (AvgIpc) is 2.74. The van der Waals surface area contributed by atoms with Crippen molar-refractivity contribution in [2.45, 2.75) is 6.54 Å². The lowest BCUT2D eigenvalue weighted by Gasteiger charge is -1.97. The molecule has 0 spiro atoms. The van der Waals surface area contributed by atoms with Crippen LogP contribution < -0.4 is 0 Å². The fourth-order valence-corrected chi connectivity index (χ4v) is 1.72. The van der Waals surface area contributed by atoms with E-state index in [4.69, 9.17) is 0 Å². The number of carbonyl (C=O) groups excluding carboxylic acids is 1. The second kappa shape index (κ2) is 3.53. The summed E-state index contributed by atoms with van der Waals surface area (Å²) in [6.45, 7) is 0.323. The third-order valence-electron chi connectivity index (χ3n) is 1.71. The summed E-state index contributed by atoms with van der Waals surface area (Å²) in [5, 5.41) is 7.72. The van der Waals surface area contributed by atoms with E-state index in [0.717, 1.165) is 5.56 Å². The highest BCUT2D eigenvalue weighted by Crippen LogP contribution is 2.07.